The molecule has 0 radical (unpaired) electrons. The molecule has 0 amide bonds. The van der Waals surface area contributed by atoms with Gasteiger partial charge in [-0.3, -0.25) is 4.99 Å². The van der Waals surface area contributed by atoms with Gasteiger partial charge in [0.25, 0.3) is 0 Å². The van der Waals surface area contributed by atoms with Gasteiger partial charge in [0.15, 0.2) is 5.96 Å². The molecule has 16 heavy (non-hydrogen) atoms. The van der Waals surface area contributed by atoms with Crippen molar-refractivity contribution >= 4 is 23.2 Å². The number of hydrogen-bond acceptors (Lipinski definition) is 3. The van der Waals surface area contributed by atoms with Crippen molar-refractivity contribution in [2.45, 2.75) is 19.9 Å². The highest BCUT2D eigenvalue weighted by atomic mass is 35.5. The molecule has 0 spiro atoms. The molecule has 1 heterocycles. The minimum atomic E-state index is 0.348. The van der Waals surface area contributed by atoms with Crippen LogP contribution in [0.25, 0.3) is 0 Å². The fourth-order valence-electron chi connectivity index (χ4n) is 1.95. The van der Waals surface area contributed by atoms with E-state index in [1.807, 2.05) is 24.3 Å². The van der Waals surface area contributed by atoms with Gasteiger partial charge in [0, 0.05) is 10.7 Å². The topological polar surface area (TPSA) is 41.6 Å². The van der Waals surface area contributed by atoms with E-state index >= 15 is 0 Å². The summed E-state index contributed by atoms with van der Waals surface area (Å²) in [6, 6.07) is 8.05. The van der Waals surface area contributed by atoms with Crippen molar-refractivity contribution in [2.24, 2.45) is 16.6 Å². The maximum Gasteiger partial charge on any atom is 0.196 e. The zero-order valence-corrected chi connectivity index (χ0v) is 10.3. The first-order chi connectivity index (χ1) is 7.59. The monoisotopic (exact) mass is 237 g/mol. The first kappa shape index (κ1) is 11.3. The van der Waals surface area contributed by atoms with E-state index in [9.17, 15) is 0 Å². The van der Waals surface area contributed by atoms with Gasteiger partial charge in [-0.05, 0) is 30.2 Å². The molecule has 86 valence electrons. The smallest absolute Gasteiger partial charge is 0.196 e. The van der Waals surface area contributed by atoms with Crippen LogP contribution >= 0.6 is 11.6 Å². The Morgan fingerprint density at radius 1 is 1.38 bits per heavy atom. The van der Waals surface area contributed by atoms with Crippen LogP contribution in [0.3, 0.4) is 0 Å². The largest absolute Gasteiger partial charge is 0.370 e. The summed E-state index contributed by atoms with van der Waals surface area (Å²) in [6.45, 7) is 5.13. The van der Waals surface area contributed by atoms with Crippen LogP contribution in [0.15, 0.2) is 29.3 Å². The summed E-state index contributed by atoms with van der Waals surface area (Å²) in [7, 11) is 0. The highest BCUT2D eigenvalue weighted by Crippen LogP contribution is 2.25. The van der Waals surface area contributed by atoms with Gasteiger partial charge in [0.1, 0.15) is 0 Å². The lowest BCUT2D eigenvalue weighted by atomic mass is 10.0. The quantitative estimate of drug-likeness (QED) is 0.859. The average molecular weight is 238 g/mol. The van der Waals surface area contributed by atoms with Crippen molar-refractivity contribution in [2.75, 3.05) is 11.4 Å². The molecule has 0 fully saturated rings. The normalized spacial score (nSPS) is 20.4. The lowest BCUT2D eigenvalue weighted by Gasteiger charge is -2.29. The highest BCUT2D eigenvalue weighted by Gasteiger charge is 2.29. The number of hydrogen-bond donors (Lipinski definition) is 1. The van der Waals surface area contributed by atoms with Crippen molar-refractivity contribution in [3.05, 3.63) is 29.3 Å². The van der Waals surface area contributed by atoms with Crippen LogP contribution in [-0.4, -0.2) is 18.5 Å². The van der Waals surface area contributed by atoms with Gasteiger partial charge in [-0.15, -0.1) is 0 Å². The molecular weight excluding hydrogens is 222 g/mol. The summed E-state index contributed by atoms with van der Waals surface area (Å²) in [6.07, 6.45) is 0. The summed E-state index contributed by atoms with van der Waals surface area (Å²) in [4.78, 5) is 6.39. The number of anilines is 1. The summed E-state index contributed by atoms with van der Waals surface area (Å²) in [5, 5.41) is 0.736. The van der Waals surface area contributed by atoms with Gasteiger partial charge in [-0.1, -0.05) is 25.4 Å². The van der Waals surface area contributed by atoms with E-state index < -0.39 is 0 Å². The zero-order valence-electron chi connectivity index (χ0n) is 9.52. The molecule has 1 unspecified atom stereocenters. The summed E-state index contributed by atoms with van der Waals surface area (Å²) in [5.41, 5.74) is 6.98. The number of benzene rings is 1. The Labute approximate surface area is 101 Å². The molecule has 3 nitrogen and oxygen atoms in total. The van der Waals surface area contributed by atoms with E-state index in [-0.39, 0.29) is 0 Å². The summed E-state index contributed by atoms with van der Waals surface area (Å²) >= 11 is 5.87. The third kappa shape index (κ3) is 2.00. The van der Waals surface area contributed by atoms with Crippen LogP contribution in [0.5, 0.6) is 0 Å². The molecule has 1 aromatic rings. The number of aliphatic imine (C=N–C) groups is 1. The Balaban J connectivity index is 2.30. The molecule has 0 aliphatic carbocycles. The van der Waals surface area contributed by atoms with Gasteiger partial charge in [0.2, 0.25) is 0 Å². The third-order valence-corrected chi connectivity index (χ3v) is 3.15. The predicted octanol–water partition coefficient (Wildman–Crippen LogP) is 2.50. The Morgan fingerprint density at radius 2 is 2.00 bits per heavy atom. The SMILES string of the molecule is CC(C)C1CN=C(N)N1c1ccc(Cl)cc1. The molecule has 0 saturated carbocycles. The lowest BCUT2D eigenvalue weighted by molar-refractivity contribution is 0.517. The number of nitrogens with two attached hydrogens (primary N) is 1. The van der Waals surface area contributed by atoms with E-state index in [1.165, 1.54) is 0 Å². The minimum Gasteiger partial charge on any atom is -0.370 e. The van der Waals surface area contributed by atoms with Crippen molar-refractivity contribution in [3.8, 4) is 0 Å². The van der Waals surface area contributed by atoms with Gasteiger partial charge in [-0.25, -0.2) is 0 Å². The second kappa shape index (κ2) is 4.34. The summed E-state index contributed by atoms with van der Waals surface area (Å²) in [5.74, 6) is 1.11. The molecule has 0 saturated heterocycles. The van der Waals surface area contributed by atoms with Crippen molar-refractivity contribution in [3.63, 3.8) is 0 Å². The molecule has 1 aliphatic heterocycles. The number of halogens is 1. The zero-order chi connectivity index (χ0) is 11.7. The number of guanidine groups is 1. The van der Waals surface area contributed by atoms with Gasteiger partial charge in [-0.2, -0.15) is 0 Å². The number of rotatable bonds is 2. The first-order valence-corrected chi connectivity index (χ1v) is 5.82. The van der Waals surface area contributed by atoms with Crippen molar-refractivity contribution in [1.29, 1.82) is 0 Å². The van der Waals surface area contributed by atoms with Gasteiger partial charge >= 0.3 is 0 Å². The first-order valence-electron chi connectivity index (χ1n) is 5.44. The van der Waals surface area contributed by atoms with Crippen LogP contribution < -0.4 is 10.6 Å². The van der Waals surface area contributed by atoms with Gasteiger partial charge in [0.05, 0.1) is 12.6 Å². The molecule has 0 aromatic heterocycles. The third-order valence-electron chi connectivity index (χ3n) is 2.89. The van der Waals surface area contributed by atoms with Crippen LogP contribution in [0, 0.1) is 5.92 Å². The second-order valence-electron chi connectivity index (χ2n) is 4.36. The van der Waals surface area contributed by atoms with Crippen LogP contribution in [0.1, 0.15) is 13.8 Å². The fraction of sp³-hybridized carbons (Fsp3) is 0.417. The molecule has 2 N–H and O–H groups in total. The van der Waals surface area contributed by atoms with E-state index in [0.717, 1.165) is 17.3 Å². The van der Waals surface area contributed by atoms with E-state index in [4.69, 9.17) is 17.3 Å². The Hall–Kier alpha value is -1.22. The minimum absolute atomic E-state index is 0.348. The molecule has 4 heteroatoms. The Kier molecular flexibility index (Phi) is 3.06. The van der Waals surface area contributed by atoms with Crippen LogP contribution in [-0.2, 0) is 0 Å². The van der Waals surface area contributed by atoms with Gasteiger partial charge < -0.3 is 10.6 Å². The summed E-state index contributed by atoms with van der Waals surface area (Å²) < 4.78 is 0. The second-order valence-corrected chi connectivity index (χ2v) is 4.79. The highest BCUT2D eigenvalue weighted by molar-refractivity contribution is 6.30. The molecule has 0 bridgehead atoms. The standard InChI is InChI=1S/C12H16ClN3/c1-8(2)11-7-15-12(14)16(11)10-5-3-9(13)4-6-10/h3-6,8,11H,7H2,1-2H3,(H2,14,15). The van der Waals surface area contributed by atoms with E-state index in [0.29, 0.717) is 17.9 Å². The Morgan fingerprint density at radius 3 is 2.56 bits per heavy atom. The lowest BCUT2D eigenvalue weighted by Crippen LogP contribution is -2.43. The van der Waals surface area contributed by atoms with E-state index in [2.05, 4.69) is 23.7 Å². The molecule has 1 aliphatic rings. The average Bonchev–Trinajstić information content (AvgIpc) is 2.62. The predicted molar refractivity (Wildman–Crippen MR) is 69.0 cm³/mol. The molecule has 1 aromatic carbocycles. The maximum atomic E-state index is 5.92. The van der Waals surface area contributed by atoms with E-state index in [1.54, 1.807) is 0 Å². The van der Waals surface area contributed by atoms with Crippen LogP contribution in [0.4, 0.5) is 5.69 Å². The fourth-order valence-corrected chi connectivity index (χ4v) is 2.08. The van der Waals surface area contributed by atoms with Crippen molar-refractivity contribution < 1.29 is 0 Å². The Bertz CT molecular complexity index is 397. The molecular formula is C12H16ClN3. The molecule has 2 rings (SSSR count). The van der Waals surface area contributed by atoms with Crippen LogP contribution in [0.2, 0.25) is 5.02 Å². The number of nitrogens with zero attached hydrogens (tertiary/aromatic N) is 2. The maximum absolute atomic E-state index is 5.92. The molecule has 1 atom stereocenters. The van der Waals surface area contributed by atoms with Crippen molar-refractivity contribution in [1.82, 2.24) is 0 Å².